The lowest BCUT2D eigenvalue weighted by Crippen LogP contribution is -2.35. The molecule has 2 aromatic carbocycles. The van der Waals surface area contributed by atoms with Crippen LogP contribution in [-0.2, 0) is 17.9 Å². The molecule has 0 atom stereocenters. The second-order valence-electron chi connectivity index (χ2n) is 6.62. The second kappa shape index (κ2) is 8.45. The number of nitrogens with one attached hydrogen (secondary N) is 1. The predicted octanol–water partition coefficient (Wildman–Crippen LogP) is 3.79. The summed E-state index contributed by atoms with van der Waals surface area (Å²) in [4.78, 5) is 31.8. The highest BCUT2D eigenvalue weighted by Gasteiger charge is 2.26. The summed E-state index contributed by atoms with van der Waals surface area (Å²) in [6, 6.07) is 15.1. The van der Waals surface area contributed by atoms with Crippen LogP contribution in [0.2, 0.25) is 0 Å². The van der Waals surface area contributed by atoms with E-state index < -0.39 is 0 Å². The molecule has 0 radical (unpaired) electrons. The van der Waals surface area contributed by atoms with Crippen LogP contribution in [0.15, 0.2) is 71.9 Å². The minimum Gasteiger partial charge on any atom is -0.348 e. The van der Waals surface area contributed by atoms with E-state index in [4.69, 9.17) is 0 Å². The molecule has 3 aromatic rings. The first-order chi connectivity index (χ1) is 14.1. The molecule has 0 saturated heterocycles. The number of pyridine rings is 1. The second-order valence-corrected chi connectivity index (χ2v) is 7.64. The number of carbonyl (C=O) groups is 2. The van der Waals surface area contributed by atoms with Gasteiger partial charge in [0, 0.05) is 29.4 Å². The number of anilines is 1. The van der Waals surface area contributed by atoms with Gasteiger partial charge in [-0.2, -0.15) is 0 Å². The fourth-order valence-electron chi connectivity index (χ4n) is 3.08. The molecule has 4 rings (SSSR count). The van der Waals surface area contributed by atoms with Gasteiger partial charge in [0.25, 0.3) is 5.91 Å². The van der Waals surface area contributed by atoms with Crippen LogP contribution in [0.5, 0.6) is 0 Å². The summed E-state index contributed by atoms with van der Waals surface area (Å²) < 4.78 is 13.2. The molecule has 0 bridgehead atoms. The lowest BCUT2D eigenvalue weighted by molar-refractivity contribution is -0.116. The van der Waals surface area contributed by atoms with E-state index in [9.17, 15) is 14.0 Å². The van der Waals surface area contributed by atoms with Crippen molar-refractivity contribution in [3.8, 4) is 0 Å². The topological polar surface area (TPSA) is 62.3 Å². The maximum Gasteiger partial charge on any atom is 0.251 e. The summed E-state index contributed by atoms with van der Waals surface area (Å²) in [7, 11) is 0. The number of benzene rings is 2. The lowest BCUT2D eigenvalue weighted by atomic mass is 10.1. The molecule has 1 N–H and O–H groups in total. The lowest BCUT2D eigenvalue weighted by Gasteiger charge is -2.29. The molecule has 0 spiro atoms. The van der Waals surface area contributed by atoms with Crippen molar-refractivity contribution in [2.24, 2.45) is 0 Å². The van der Waals surface area contributed by atoms with E-state index >= 15 is 0 Å². The van der Waals surface area contributed by atoms with E-state index in [-0.39, 0.29) is 17.6 Å². The number of thioether (sulfide) groups is 1. The van der Waals surface area contributed by atoms with Crippen LogP contribution >= 0.6 is 11.8 Å². The third-order valence-corrected chi connectivity index (χ3v) is 5.64. The van der Waals surface area contributed by atoms with Crippen LogP contribution in [0, 0.1) is 5.82 Å². The van der Waals surface area contributed by atoms with Gasteiger partial charge in [-0.05, 0) is 47.5 Å². The van der Waals surface area contributed by atoms with E-state index in [2.05, 4.69) is 10.3 Å². The van der Waals surface area contributed by atoms with Crippen molar-refractivity contribution in [3.05, 3.63) is 89.5 Å². The van der Waals surface area contributed by atoms with Crippen molar-refractivity contribution in [2.45, 2.75) is 18.0 Å². The van der Waals surface area contributed by atoms with Gasteiger partial charge in [-0.1, -0.05) is 18.2 Å². The Balaban J connectivity index is 1.55. The van der Waals surface area contributed by atoms with Crippen molar-refractivity contribution in [3.63, 3.8) is 0 Å². The molecule has 2 amide bonds. The molecule has 1 aromatic heterocycles. The summed E-state index contributed by atoms with van der Waals surface area (Å²) in [5, 5.41) is 2.87. The van der Waals surface area contributed by atoms with Gasteiger partial charge in [0.15, 0.2) is 0 Å². The molecule has 146 valence electrons. The van der Waals surface area contributed by atoms with Gasteiger partial charge in [0.1, 0.15) is 5.82 Å². The number of nitrogens with zero attached hydrogens (tertiary/aromatic N) is 2. The standard InChI is InChI=1S/C22H18FN3O2S/c23-18-6-3-15(4-7-18)13-26-19-10-17(5-8-20(19)29-14-21(26)27)22(28)25-12-16-2-1-9-24-11-16/h1-11H,12-14H2,(H,25,28). The monoisotopic (exact) mass is 407 g/mol. The van der Waals surface area contributed by atoms with Crippen molar-refractivity contribution >= 4 is 29.3 Å². The van der Waals surface area contributed by atoms with Crippen molar-refractivity contribution in [2.75, 3.05) is 10.7 Å². The number of rotatable bonds is 5. The van der Waals surface area contributed by atoms with Gasteiger partial charge in [0.2, 0.25) is 5.91 Å². The van der Waals surface area contributed by atoms with E-state index in [0.717, 1.165) is 16.0 Å². The number of amides is 2. The molecular weight excluding hydrogens is 389 g/mol. The highest BCUT2D eigenvalue weighted by molar-refractivity contribution is 8.00. The largest absolute Gasteiger partial charge is 0.348 e. The van der Waals surface area contributed by atoms with Gasteiger partial charge in [-0.15, -0.1) is 11.8 Å². The SMILES string of the molecule is O=C(NCc1cccnc1)c1ccc2c(c1)N(Cc1ccc(F)cc1)C(=O)CS2. The van der Waals surface area contributed by atoms with Gasteiger partial charge < -0.3 is 10.2 Å². The molecule has 29 heavy (non-hydrogen) atoms. The summed E-state index contributed by atoms with van der Waals surface area (Å²) in [5.41, 5.74) is 2.91. The maximum atomic E-state index is 13.2. The maximum absolute atomic E-state index is 13.2. The van der Waals surface area contributed by atoms with Crippen LogP contribution in [0.25, 0.3) is 0 Å². The van der Waals surface area contributed by atoms with Crippen molar-refractivity contribution in [1.82, 2.24) is 10.3 Å². The van der Waals surface area contributed by atoms with Crippen molar-refractivity contribution < 1.29 is 14.0 Å². The first-order valence-corrected chi connectivity index (χ1v) is 10.1. The Morgan fingerprint density at radius 3 is 2.72 bits per heavy atom. The van der Waals surface area contributed by atoms with Crippen LogP contribution < -0.4 is 10.2 Å². The van der Waals surface area contributed by atoms with E-state index in [1.54, 1.807) is 41.6 Å². The van der Waals surface area contributed by atoms with Gasteiger partial charge in [-0.25, -0.2) is 4.39 Å². The average Bonchev–Trinajstić information content (AvgIpc) is 2.76. The van der Waals surface area contributed by atoms with Gasteiger partial charge in [0.05, 0.1) is 18.0 Å². The van der Waals surface area contributed by atoms with Crippen LogP contribution in [-0.4, -0.2) is 22.6 Å². The molecule has 5 nitrogen and oxygen atoms in total. The highest BCUT2D eigenvalue weighted by Crippen LogP contribution is 2.36. The molecule has 0 unspecified atom stereocenters. The fourth-order valence-corrected chi connectivity index (χ4v) is 3.99. The summed E-state index contributed by atoms with van der Waals surface area (Å²) in [6.45, 7) is 0.699. The van der Waals surface area contributed by atoms with E-state index in [1.165, 1.54) is 23.9 Å². The van der Waals surface area contributed by atoms with Crippen LogP contribution in [0.1, 0.15) is 21.5 Å². The molecule has 2 heterocycles. The normalized spacial score (nSPS) is 13.1. The van der Waals surface area contributed by atoms with Crippen molar-refractivity contribution in [1.29, 1.82) is 0 Å². The summed E-state index contributed by atoms with van der Waals surface area (Å²) in [5.74, 6) is -0.246. The van der Waals surface area contributed by atoms with E-state index in [0.29, 0.717) is 30.1 Å². The Bertz CT molecular complexity index is 1040. The molecular formula is C22H18FN3O2S. The Kier molecular flexibility index (Phi) is 5.57. The fraction of sp³-hybridized carbons (Fsp3) is 0.136. The molecule has 0 fully saturated rings. The number of halogens is 1. The number of carbonyl (C=O) groups excluding carboxylic acids is 2. The van der Waals surface area contributed by atoms with Gasteiger partial charge in [-0.3, -0.25) is 14.6 Å². The number of aromatic nitrogens is 1. The predicted molar refractivity (Wildman–Crippen MR) is 110 cm³/mol. The number of fused-ring (bicyclic) bond motifs is 1. The Morgan fingerprint density at radius 2 is 1.97 bits per heavy atom. The van der Waals surface area contributed by atoms with Crippen LogP contribution in [0.4, 0.5) is 10.1 Å². The quantitative estimate of drug-likeness (QED) is 0.699. The highest BCUT2D eigenvalue weighted by atomic mass is 32.2. The first-order valence-electron chi connectivity index (χ1n) is 9.09. The summed E-state index contributed by atoms with van der Waals surface area (Å²) >= 11 is 1.45. The van der Waals surface area contributed by atoms with E-state index in [1.807, 2.05) is 18.2 Å². The third-order valence-electron chi connectivity index (χ3n) is 4.59. The average molecular weight is 407 g/mol. The Hall–Kier alpha value is -3.19. The zero-order valence-electron chi connectivity index (χ0n) is 15.5. The number of hydrogen-bond acceptors (Lipinski definition) is 4. The molecule has 7 heteroatoms. The number of hydrogen-bond donors (Lipinski definition) is 1. The smallest absolute Gasteiger partial charge is 0.251 e. The first kappa shape index (κ1) is 19.1. The molecule has 1 aliphatic rings. The zero-order valence-corrected chi connectivity index (χ0v) is 16.3. The Morgan fingerprint density at radius 1 is 1.14 bits per heavy atom. The molecule has 0 aliphatic carbocycles. The summed E-state index contributed by atoms with van der Waals surface area (Å²) in [6.07, 6.45) is 3.38. The van der Waals surface area contributed by atoms with Crippen LogP contribution in [0.3, 0.4) is 0 Å². The molecule has 0 saturated carbocycles. The van der Waals surface area contributed by atoms with Gasteiger partial charge >= 0.3 is 0 Å². The minimum atomic E-state index is -0.317. The molecule has 1 aliphatic heterocycles. The minimum absolute atomic E-state index is 0.0419. The Labute approximate surface area is 172 Å². The zero-order chi connectivity index (χ0) is 20.2. The third kappa shape index (κ3) is 4.46.